The van der Waals surface area contributed by atoms with Crippen molar-refractivity contribution in [3.63, 3.8) is 0 Å². The summed E-state index contributed by atoms with van der Waals surface area (Å²) < 4.78 is 5.19. The number of amides is 1. The van der Waals surface area contributed by atoms with E-state index in [2.05, 4.69) is 10.3 Å². The molecule has 0 saturated carbocycles. The van der Waals surface area contributed by atoms with Gasteiger partial charge in [-0.2, -0.15) is 0 Å². The molecule has 0 radical (unpaired) electrons. The number of pyridine rings is 1. The normalized spacial score (nSPS) is 10.6. The van der Waals surface area contributed by atoms with E-state index in [0.29, 0.717) is 11.4 Å². The third-order valence-electron chi connectivity index (χ3n) is 3.86. The van der Waals surface area contributed by atoms with Gasteiger partial charge in [0.1, 0.15) is 11.4 Å². The van der Waals surface area contributed by atoms with E-state index >= 15 is 0 Å². The van der Waals surface area contributed by atoms with Crippen LogP contribution >= 0.6 is 0 Å². The molecule has 0 bridgehead atoms. The fraction of sp³-hybridized carbons (Fsp3) is 0.158. The number of fused-ring (bicyclic) bond motifs is 1. The van der Waals surface area contributed by atoms with Gasteiger partial charge in [-0.3, -0.25) is 4.79 Å². The number of hydrogen-bond donors (Lipinski definition) is 2. The van der Waals surface area contributed by atoms with Gasteiger partial charge in [0.2, 0.25) is 0 Å². The predicted octanol–water partition coefficient (Wildman–Crippen LogP) is 3.30. The Kier molecular flexibility index (Phi) is 4.44. The fourth-order valence-corrected chi connectivity index (χ4v) is 2.45. The van der Waals surface area contributed by atoms with Crippen LogP contribution in [0.1, 0.15) is 21.6 Å². The van der Waals surface area contributed by atoms with E-state index in [9.17, 15) is 9.90 Å². The molecule has 5 heteroatoms. The summed E-state index contributed by atoms with van der Waals surface area (Å²) in [6.07, 6.45) is 0. The lowest BCUT2D eigenvalue weighted by Crippen LogP contribution is -2.14. The summed E-state index contributed by atoms with van der Waals surface area (Å²) in [6.45, 7) is 1.83. The van der Waals surface area contributed by atoms with E-state index in [-0.39, 0.29) is 12.5 Å². The maximum absolute atomic E-state index is 12.5. The van der Waals surface area contributed by atoms with E-state index < -0.39 is 0 Å². The van der Waals surface area contributed by atoms with E-state index in [0.717, 1.165) is 27.8 Å². The Morgan fingerprint density at radius 1 is 1.17 bits per heavy atom. The van der Waals surface area contributed by atoms with Gasteiger partial charge in [0, 0.05) is 11.1 Å². The van der Waals surface area contributed by atoms with Crippen LogP contribution in [0.15, 0.2) is 48.5 Å². The zero-order chi connectivity index (χ0) is 17.1. The number of aryl methyl sites for hydroxylation is 1. The second-order valence-corrected chi connectivity index (χ2v) is 5.52. The van der Waals surface area contributed by atoms with Crippen molar-refractivity contribution < 1.29 is 14.6 Å². The lowest BCUT2D eigenvalue weighted by molar-refractivity contribution is 0.102. The smallest absolute Gasteiger partial charge is 0.274 e. The van der Waals surface area contributed by atoms with Gasteiger partial charge in [-0.15, -0.1) is 0 Å². The SMILES string of the molecule is COc1ccc2nc(C(=O)Nc3cc(CO)ccc3C)ccc2c1. The Balaban J connectivity index is 1.88. The molecule has 3 aromatic rings. The van der Waals surface area contributed by atoms with E-state index in [1.807, 2.05) is 43.3 Å². The number of carbonyl (C=O) groups is 1. The van der Waals surface area contributed by atoms with Gasteiger partial charge >= 0.3 is 0 Å². The molecule has 5 nitrogen and oxygen atoms in total. The molecule has 1 heterocycles. The number of aliphatic hydroxyl groups is 1. The second-order valence-electron chi connectivity index (χ2n) is 5.52. The minimum Gasteiger partial charge on any atom is -0.497 e. The lowest BCUT2D eigenvalue weighted by atomic mass is 10.1. The highest BCUT2D eigenvalue weighted by Gasteiger charge is 2.11. The van der Waals surface area contributed by atoms with Crippen molar-refractivity contribution in [2.45, 2.75) is 13.5 Å². The first-order chi connectivity index (χ1) is 11.6. The minimum absolute atomic E-state index is 0.0702. The molecule has 2 N–H and O–H groups in total. The zero-order valence-corrected chi connectivity index (χ0v) is 13.5. The van der Waals surface area contributed by atoms with Gasteiger partial charge in [0.05, 0.1) is 19.2 Å². The highest BCUT2D eigenvalue weighted by molar-refractivity contribution is 6.04. The largest absolute Gasteiger partial charge is 0.497 e. The Bertz CT molecular complexity index is 906. The van der Waals surface area contributed by atoms with Crippen molar-refractivity contribution in [3.8, 4) is 5.75 Å². The first-order valence-corrected chi connectivity index (χ1v) is 7.57. The third-order valence-corrected chi connectivity index (χ3v) is 3.86. The number of anilines is 1. The van der Waals surface area contributed by atoms with Crippen LogP contribution in [0.25, 0.3) is 10.9 Å². The van der Waals surface area contributed by atoms with Crippen LogP contribution in [-0.4, -0.2) is 23.1 Å². The van der Waals surface area contributed by atoms with E-state index in [1.165, 1.54) is 0 Å². The van der Waals surface area contributed by atoms with Crippen molar-refractivity contribution >= 4 is 22.5 Å². The molecule has 122 valence electrons. The molecule has 0 saturated heterocycles. The van der Waals surface area contributed by atoms with Crippen LogP contribution in [-0.2, 0) is 6.61 Å². The Morgan fingerprint density at radius 2 is 2.00 bits per heavy atom. The van der Waals surface area contributed by atoms with Gasteiger partial charge in [-0.1, -0.05) is 18.2 Å². The number of ether oxygens (including phenoxy) is 1. The van der Waals surface area contributed by atoms with Gasteiger partial charge in [0.15, 0.2) is 0 Å². The second kappa shape index (κ2) is 6.68. The number of aromatic nitrogens is 1. The standard InChI is InChI=1S/C19H18N2O3/c1-12-3-4-13(11-22)9-18(12)21-19(23)17-7-5-14-10-15(24-2)6-8-16(14)20-17/h3-10,22H,11H2,1-2H3,(H,21,23). The maximum atomic E-state index is 12.5. The molecule has 2 aromatic carbocycles. The average molecular weight is 322 g/mol. The van der Waals surface area contributed by atoms with Crippen LogP contribution < -0.4 is 10.1 Å². The van der Waals surface area contributed by atoms with E-state index in [1.54, 1.807) is 19.2 Å². The quantitative estimate of drug-likeness (QED) is 0.773. The molecule has 0 aliphatic heterocycles. The molecule has 0 fully saturated rings. The van der Waals surface area contributed by atoms with Crippen molar-refractivity contribution in [2.75, 3.05) is 12.4 Å². The first-order valence-electron chi connectivity index (χ1n) is 7.57. The van der Waals surface area contributed by atoms with Crippen LogP contribution in [0.5, 0.6) is 5.75 Å². The molecule has 3 rings (SSSR count). The number of nitrogens with zero attached hydrogens (tertiary/aromatic N) is 1. The number of nitrogens with one attached hydrogen (secondary N) is 1. The van der Waals surface area contributed by atoms with Crippen molar-refractivity contribution in [1.29, 1.82) is 0 Å². The summed E-state index contributed by atoms with van der Waals surface area (Å²) in [5, 5.41) is 13.0. The maximum Gasteiger partial charge on any atom is 0.274 e. The summed E-state index contributed by atoms with van der Waals surface area (Å²) >= 11 is 0. The fourth-order valence-electron chi connectivity index (χ4n) is 2.45. The van der Waals surface area contributed by atoms with Gasteiger partial charge in [0.25, 0.3) is 5.91 Å². The van der Waals surface area contributed by atoms with Crippen molar-refractivity contribution in [2.24, 2.45) is 0 Å². The Morgan fingerprint density at radius 3 is 2.75 bits per heavy atom. The number of rotatable bonds is 4. The number of benzene rings is 2. The van der Waals surface area contributed by atoms with E-state index in [4.69, 9.17) is 4.74 Å². The molecular weight excluding hydrogens is 304 g/mol. The summed E-state index contributed by atoms with van der Waals surface area (Å²) in [5.74, 6) is 0.462. The summed E-state index contributed by atoms with van der Waals surface area (Å²) in [6, 6.07) is 14.5. The molecule has 0 unspecified atom stereocenters. The van der Waals surface area contributed by atoms with Gasteiger partial charge in [-0.25, -0.2) is 4.98 Å². The number of methoxy groups -OCH3 is 1. The number of aliphatic hydroxyl groups excluding tert-OH is 1. The summed E-state index contributed by atoms with van der Waals surface area (Å²) in [4.78, 5) is 16.9. The first kappa shape index (κ1) is 16.0. The molecular formula is C19H18N2O3. The van der Waals surface area contributed by atoms with Crippen LogP contribution in [0.3, 0.4) is 0 Å². The molecule has 1 amide bonds. The van der Waals surface area contributed by atoms with Crippen molar-refractivity contribution in [1.82, 2.24) is 4.98 Å². The number of carbonyl (C=O) groups excluding carboxylic acids is 1. The molecule has 0 spiro atoms. The number of hydrogen-bond acceptors (Lipinski definition) is 4. The molecule has 0 aliphatic rings. The Labute approximate surface area is 139 Å². The monoisotopic (exact) mass is 322 g/mol. The third kappa shape index (κ3) is 3.21. The molecule has 1 aromatic heterocycles. The zero-order valence-electron chi connectivity index (χ0n) is 13.5. The van der Waals surface area contributed by atoms with Crippen LogP contribution in [0, 0.1) is 6.92 Å². The molecule has 24 heavy (non-hydrogen) atoms. The Hall–Kier alpha value is -2.92. The highest BCUT2D eigenvalue weighted by atomic mass is 16.5. The highest BCUT2D eigenvalue weighted by Crippen LogP contribution is 2.21. The molecule has 0 aliphatic carbocycles. The lowest BCUT2D eigenvalue weighted by Gasteiger charge is -2.10. The topological polar surface area (TPSA) is 71.5 Å². The minimum atomic E-state index is -0.286. The predicted molar refractivity (Wildman–Crippen MR) is 93.4 cm³/mol. The van der Waals surface area contributed by atoms with Gasteiger partial charge < -0.3 is 15.2 Å². The summed E-state index contributed by atoms with van der Waals surface area (Å²) in [5.41, 5.74) is 3.40. The van der Waals surface area contributed by atoms with Crippen LogP contribution in [0.4, 0.5) is 5.69 Å². The van der Waals surface area contributed by atoms with Crippen LogP contribution in [0.2, 0.25) is 0 Å². The molecule has 0 atom stereocenters. The van der Waals surface area contributed by atoms with Gasteiger partial charge in [-0.05, 0) is 48.4 Å². The van der Waals surface area contributed by atoms with Crippen molar-refractivity contribution in [3.05, 3.63) is 65.4 Å². The average Bonchev–Trinajstić information content (AvgIpc) is 2.62. The summed E-state index contributed by atoms with van der Waals surface area (Å²) in [7, 11) is 1.61.